The summed E-state index contributed by atoms with van der Waals surface area (Å²) in [4.78, 5) is 1.09. The fourth-order valence-corrected chi connectivity index (χ4v) is 4.17. The van der Waals surface area contributed by atoms with Gasteiger partial charge in [-0.1, -0.05) is 6.92 Å². The Morgan fingerprint density at radius 3 is 2.68 bits per heavy atom. The number of nitrogens with zero attached hydrogens (tertiary/aromatic N) is 1. The summed E-state index contributed by atoms with van der Waals surface area (Å²) in [6, 6.07) is 5.54. The number of aromatic nitrogens is 1. The van der Waals surface area contributed by atoms with Crippen molar-refractivity contribution < 1.29 is 8.42 Å². The molecule has 19 heavy (non-hydrogen) atoms. The van der Waals surface area contributed by atoms with Gasteiger partial charge in [0.2, 0.25) is 10.0 Å². The predicted octanol–water partition coefficient (Wildman–Crippen LogP) is 2.17. The van der Waals surface area contributed by atoms with Gasteiger partial charge in [0.05, 0.1) is 0 Å². The maximum absolute atomic E-state index is 12.1. The van der Waals surface area contributed by atoms with Crippen molar-refractivity contribution >= 4 is 21.4 Å². The second-order valence-corrected chi connectivity index (χ2v) is 7.57. The lowest BCUT2D eigenvalue weighted by Gasteiger charge is -2.03. The van der Waals surface area contributed by atoms with Gasteiger partial charge in [0.15, 0.2) is 0 Å². The van der Waals surface area contributed by atoms with Crippen LogP contribution < -0.4 is 4.72 Å². The van der Waals surface area contributed by atoms with Crippen molar-refractivity contribution in [2.75, 3.05) is 6.54 Å². The molecular weight excluding hydrogens is 280 g/mol. The third kappa shape index (κ3) is 3.68. The first kappa shape index (κ1) is 14.3. The molecule has 2 rings (SSSR count). The SMILES string of the molecule is CCc1ccc(S(=O)(=O)NCCc2ccn(C)c2)s1. The van der Waals surface area contributed by atoms with E-state index in [1.165, 1.54) is 11.3 Å². The molecule has 2 heterocycles. The molecule has 0 aliphatic carbocycles. The number of nitrogens with one attached hydrogen (secondary N) is 1. The largest absolute Gasteiger partial charge is 0.357 e. The second-order valence-electron chi connectivity index (χ2n) is 4.41. The number of sulfonamides is 1. The predicted molar refractivity (Wildman–Crippen MR) is 78.0 cm³/mol. The summed E-state index contributed by atoms with van der Waals surface area (Å²) in [5, 5.41) is 0. The van der Waals surface area contributed by atoms with Crippen LogP contribution in [0.2, 0.25) is 0 Å². The van der Waals surface area contributed by atoms with Crippen molar-refractivity contribution in [3.05, 3.63) is 41.0 Å². The van der Waals surface area contributed by atoms with Crippen molar-refractivity contribution in [2.45, 2.75) is 24.0 Å². The highest BCUT2D eigenvalue weighted by Crippen LogP contribution is 2.21. The molecular formula is C13H18N2O2S2. The van der Waals surface area contributed by atoms with Crippen LogP contribution in [0.3, 0.4) is 0 Å². The summed E-state index contributed by atoms with van der Waals surface area (Å²) in [5.74, 6) is 0. The summed E-state index contributed by atoms with van der Waals surface area (Å²) < 4.78 is 29.1. The fraction of sp³-hybridized carbons (Fsp3) is 0.385. The van der Waals surface area contributed by atoms with Crippen LogP contribution in [0.4, 0.5) is 0 Å². The lowest BCUT2D eigenvalue weighted by Crippen LogP contribution is -2.25. The molecule has 0 atom stereocenters. The number of hydrogen-bond donors (Lipinski definition) is 1. The fourth-order valence-electron chi connectivity index (χ4n) is 1.80. The quantitative estimate of drug-likeness (QED) is 0.888. The first-order chi connectivity index (χ1) is 9.01. The Balaban J connectivity index is 1.94. The van der Waals surface area contributed by atoms with Crippen molar-refractivity contribution in [2.24, 2.45) is 7.05 Å². The zero-order valence-electron chi connectivity index (χ0n) is 11.1. The van der Waals surface area contributed by atoms with E-state index in [2.05, 4.69) is 4.72 Å². The zero-order chi connectivity index (χ0) is 13.9. The molecule has 104 valence electrons. The lowest BCUT2D eigenvalue weighted by molar-refractivity contribution is 0.584. The van der Waals surface area contributed by atoms with Crippen molar-refractivity contribution in [3.8, 4) is 0 Å². The van der Waals surface area contributed by atoms with E-state index in [0.717, 1.165) is 16.9 Å². The van der Waals surface area contributed by atoms with Crippen molar-refractivity contribution in [3.63, 3.8) is 0 Å². The maximum atomic E-state index is 12.1. The zero-order valence-corrected chi connectivity index (χ0v) is 12.7. The third-order valence-corrected chi connectivity index (χ3v) is 6.03. The molecule has 0 fully saturated rings. The Labute approximate surface area is 118 Å². The minimum atomic E-state index is -3.35. The molecule has 2 aromatic heterocycles. The normalized spacial score (nSPS) is 11.9. The molecule has 0 saturated carbocycles. The van der Waals surface area contributed by atoms with Gasteiger partial charge in [0, 0.05) is 30.9 Å². The van der Waals surface area contributed by atoms with E-state index in [0.29, 0.717) is 17.2 Å². The minimum Gasteiger partial charge on any atom is -0.357 e. The van der Waals surface area contributed by atoms with Crippen LogP contribution in [-0.4, -0.2) is 19.5 Å². The van der Waals surface area contributed by atoms with E-state index in [-0.39, 0.29) is 0 Å². The van der Waals surface area contributed by atoms with Crippen LogP contribution in [0.1, 0.15) is 17.4 Å². The van der Waals surface area contributed by atoms with E-state index in [9.17, 15) is 8.42 Å². The van der Waals surface area contributed by atoms with Crippen LogP contribution in [0, 0.1) is 0 Å². The molecule has 0 aliphatic rings. The molecule has 6 heteroatoms. The van der Waals surface area contributed by atoms with Crippen LogP contribution in [0.15, 0.2) is 34.8 Å². The number of hydrogen-bond acceptors (Lipinski definition) is 3. The number of aryl methyl sites for hydroxylation is 2. The van der Waals surface area contributed by atoms with Gasteiger partial charge in [0.1, 0.15) is 4.21 Å². The van der Waals surface area contributed by atoms with Crippen LogP contribution in [0.25, 0.3) is 0 Å². The van der Waals surface area contributed by atoms with Gasteiger partial charge >= 0.3 is 0 Å². The molecule has 0 amide bonds. The van der Waals surface area contributed by atoms with E-state index in [1.54, 1.807) is 6.07 Å². The number of rotatable bonds is 6. The van der Waals surface area contributed by atoms with Crippen LogP contribution in [0.5, 0.6) is 0 Å². The Morgan fingerprint density at radius 1 is 1.32 bits per heavy atom. The van der Waals surface area contributed by atoms with Gasteiger partial charge < -0.3 is 4.57 Å². The smallest absolute Gasteiger partial charge is 0.250 e. The van der Waals surface area contributed by atoms with Gasteiger partial charge in [-0.2, -0.15) is 0 Å². The maximum Gasteiger partial charge on any atom is 0.250 e. The molecule has 0 aromatic carbocycles. The average Bonchev–Trinajstić information content (AvgIpc) is 2.98. The highest BCUT2D eigenvalue weighted by Gasteiger charge is 2.15. The standard InChI is InChI=1S/C13H18N2O2S2/c1-3-12-4-5-13(18-12)19(16,17)14-8-6-11-7-9-15(2)10-11/h4-5,7,9-10,14H,3,6,8H2,1-2H3. The highest BCUT2D eigenvalue weighted by molar-refractivity contribution is 7.91. The molecule has 4 nitrogen and oxygen atoms in total. The summed E-state index contributed by atoms with van der Waals surface area (Å²) in [6.45, 7) is 2.44. The molecule has 0 bridgehead atoms. The summed E-state index contributed by atoms with van der Waals surface area (Å²) in [5.41, 5.74) is 1.13. The first-order valence-electron chi connectivity index (χ1n) is 6.20. The molecule has 0 saturated heterocycles. The summed E-state index contributed by atoms with van der Waals surface area (Å²) in [6.07, 6.45) is 5.52. The molecule has 0 unspecified atom stereocenters. The molecule has 0 radical (unpaired) electrons. The van der Waals surface area contributed by atoms with Gasteiger partial charge in [-0.25, -0.2) is 13.1 Å². The van der Waals surface area contributed by atoms with E-state index in [1.807, 2.05) is 43.1 Å². The Morgan fingerprint density at radius 2 is 2.11 bits per heavy atom. The van der Waals surface area contributed by atoms with Crippen molar-refractivity contribution in [1.29, 1.82) is 0 Å². The second kappa shape index (κ2) is 5.90. The van der Waals surface area contributed by atoms with E-state index >= 15 is 0 Å². The Kier molecular flexibility index (Phi) is 4.44. The summed E-state index contributed by atoms with van der Waals surface area (Å²) in [7, 11) is -1.40. The van der Waals surface area contributed by atoms with Gasteiger partial charge in [-0.05, 0) is 36.6 Å². The number of thiophene rings is 1. The molecule has 0 aliphatic heterocycles. The van der Waals surface area contributed by atoms with Crippen molar-refractivity contribution in [1.82, 2.24) is 9.29 Å². The van der Waals surface area contributed by atoms with E-state index < -0.39 is 10.0 Å². The van der Waals surface area contributed by atoms with Crippen LogP contribution in [-0.2, 0) is 29.9 Å². The minimum absolute atomic E-state index is 0.400. The monoisotopic (exact) mass is 298 g/mol. The third-order valence-electron chi connectivity index (χ3n) is 2.85. The van der Waals surface area contributed by atoms with Gasteiger partial charge in [-0.3, -0.25) is 0 Å². The Hall–Kier alpha value is -1.11. The highest BCUT2D eigenvalue weighted by atomic mass is 32.2. The molecule has 2 aromatic rings. The average molecular weight is 298 g/mol. The van der Waals surface area contributed by atoms with Gasteiger partial charge in [-0.15, -0.1) is 11.3 Å². The topological polar surface area (TPSA) is 51.1 Å². The first-order valence-corrected chi connectivity index (χ1v) is 8.50. The van der Waals surface area contributed by atoms with Crippen LogP contribution >= 0.6 is 11.3 Å². The van der Waals surface area contributed by atoms with E-state index in [4.69, 9.17) is 0 Å². The Bertz CT molecular complexity index is 641. The summed E-state index contributed by atoms with van der Waals surface area (Å²) >= 11 is 1.34. The molecule has 0 spiro atoms. The molecule has 1 N–H and O–H groups in total. The van der Waals surface area contributed by atoms with Gasteiger partial charge in [0.25, 0.3) is 0 Å². The lowest BCUT2D eigenvalue weighted by atomic mass is 10.2.